The second-order valence-electron chi connectivity index (χ2n) is 7.48. The smallest absolute Gasteiger partial charge is 0.214 e. The summed E-state index contributed by atoms with van der Waals surface area (Å²) >= 11 is 0. The molecule has 1 saturated carbocycles. The summed E-state index contributed by atoms with van der Waals surface area (Å²) in [6, 6.07) is 2.12. The van der Waals surface area contributed by atoms with E-state index in [0.717, 1.165) is 38.2 Å². The highest BCUT2D eigenvalue weighted by Gasteiger charge is 2.44. The Labute approximate surface area is 143 Å². The fourth-order valence-electron chi connectivity index (χ4n) is 3.98. The van der Waals surface area contributed by atoms with Crippen molar-refractivity contribution in [1.29, 1.82) is 0 Å². The van der Waals surface area contributed by atoms with Crippen molar-refractivity contribution in [2.45, 2.75) is 37.7 Å². The van der Waals surface area contributed by atoms with Crippen LogP contribution < -0.4 is 4.72 Å². The third-order valence-corrected chi connectivity index (χ3v) is 7.43. The summed E-state index contributed by atoms with van der Waals surface area (Å²) in [4.78, 5) is 2.40. The number of aryl methyl sites for hydroxylation is 2. The minimum absolute atomic E-state index is 0.149. The second-order valence-corrected chi connectivity index (χ2v) is 9.53. The third kappa shape index (κ3) is 3.24. The Morgan fingerprint density at radius 2 is 2.17 bits per heavy atom. The van der Waals surface area contributed by atoms with Crippen LogP contribution in [0.5, 0.6) is 0 Å². The molecule has 3 aliphatic rings. The fourth-order valence-corrected chi connectivity index (χ4v) is 5.42. The van der Waals surface area contributed by atoms with Gasteiger partial charge in [-0.3, -0.25) is 9.58 Å². The minimum atomic E-state index is -3.10. The molecule has 7 nitrogen and oxygen atoms in total. The molecule has 8 heteroatoms. The molecule has 3 fully saturated rings. The molecule has 0 bridgehead atoms. The molecule has 1 N–H and O–H groups in total. The van der Waals surface area contributed by atoms with Crippen LogP contribution in [-0.4, -0.2) is 60.7 Å². The van der Waals surface area contributed by atoms with E-state index in [-0.39, 0.29) is 17.3 Å². The van der Waals surface area contributed by atoms with Gasteiger partial charge in [0.15, 0.2) is 0 Å². The predicted molar refractivity (Wildman–Crippen MR) is 89.9 cm³/mol. The number of hydrogen-bond acceptors (Lipinski definition) is 5. The number of nitrogens with zero attached hydrogens (tertiary/aromatic N) is 3. The van der Waals surface area contributed by atoms with E-state index in [9.17, 15) is 8.42 Å². The number of nitrogens with one attached hydrogen (secondary N) is 1. The number of likely N-dealkylation sites (tertiary alicyclic amines) is 1. The van der Waals surface area contributed by atoms with E-state index in [4.69, 9.17) is 4.74 Å². The number of ether oxygens (including phenoxy) is 1. The summed E-state index contributed by atoms with van der Waals surface area (Å²) in [6.45, 7) is 5.94. The van der Waals surface area contributed by atoms with Crippen LogP contribution in [-0.2, 0) is 28.4 Å². The molecule has 24 heavy (non-hydrogen) atoms. The van der Waals surface area contributed by atoms with Crippen LogP contribution in [0.3, 0.4) is 0 Å². The highest BCUT2D eigenvalue weighted by atomic mass is 32.2. The lowest BCUT2D eigenvalue weighted by Gasteiger charge is -2.20. The van der Waals surface area contributed by atoms with Crippen molar-refractivity contribution >= 4 is 10.0 Å². The zero-order valence-electron chi connectivity index (χ0n) is 14.3. The first kappa shape index (κ1) is 16.5. The van der Waals surface area contributed by atoms with Crippen molar-refractivity contribution in [1.82, 2.24) is 19.4 Å². The van der Waals surface area contributed by atoms with Gasteiger partial charge in [0.25, 0.3) is 0 Å². The van der Waals surface area contributed by atoms with Gasteiger partial charge in [-0.2, -0.15) is 5.10 Å². The SMILES string of the molecule is Cc1cc(CN2C[C@@H]3[C@H](CNS(=O)(=O)C4CC4)CO[C@@H]3C2)n(C)n1. The quantitative estimate of drug-likeness (QED) is 0.793. The maximum absolute atomic E-state index is 12.0. The number of aromatic nitrogens is 2. The van der Waals surface area contributed by atoms with Gasteiger partial charge in [0.1, 0.15) is 0 Å². The number of hydrogen-bond donors (Lipinski definition) is 1. The molecule has 0 spiro atoms. The summed E-state index contributed by atoms with van der Waals surface area (Å²) in [6.07, 6.45) is 1.84. The highest BCUT2D eigenvalue weighted by Crippen LogP contribution is 2.34. The van der Waals surface area contributed by atoms with Crippen LogP contribution in [0.25, 0.3) is 0 Å². The second kappa shape index (κ2) is 6.09. The average Bonchev–Trinajstić information content (AvgIpc) is 3.11. The van der Waals surface area contributed by atoms with Gasteiger partial charge in [0, 0.05) is 45.1 Å². The van der Waals surface area contributed by atoms with Crippen molar-refractivity contribution in [3.63, 3.8) is 0 Å². The van der Waals surface area contributed by atoms with Gasteiger partial charge in [0.2, 0.25) is 10.0 Å². The van der Waals surface area contributed by atoms with E-state index in [1.54, 1.807) is 0 Å². The van der Waals surface area contributed by atoms with E-state index in [1.165, 1.54) is 5.69 Å². The zero-order chi connectivity index (χ0) is 16.9. The summed E-state index contributed by atoms with van der Waals surface area (Å²) in [5, 5.41) is 4.25. The molecule has 2 saturated heterocycles. The topological polar surface area (TPSA) is 76.5 Å². The van der Waals surface area contributed by atoms with Crippen molar-refractivity contribution in [2.24, 2.45) is 18.9 Å². The van der Waals surface area contributed by atoms with E-state index >= 15 is 0 Å². The van der Waals surface area contributed by atoms with Crippen molar-refractivity contribution in [3.8, 4) is 0 Å². The third-order valence-electron chi connectivity index (χ3n) is 5.51. The first-order chi connectivity index (χ1) is 11.4. The van der Waals surface area contributed by atoms with Gasteiger partial charge >= 0.3 is 0 Å². The number of rotatable bonds is 6. The predicted octanol–water partition coefficient (Wildman–Crippen LogP) is 0.257. The Kier molecular flexibility index (Phi) is 4.19. The maximum Gasteiger partial charge on any atom is 0.214 e. The van der Waals surface area contributed by atoms with Gasteiger partial charge in [0.05, 0.1) is 29.3 Å². The molecule has 134 valence electrons. The van der Waals surface area contributed by atoms with E-state index in [2.05, 4.69) is 20.8 Å². The summed E-state index contributed by atoms with van der Waals surface area (Å²) < 4.78 is 34.7. The lowest BCUT2D eigenvalue weighted by atomic mass is 9.93. The van der Waals surface area contributed by atoms with Gasteiger partial charge in [-0.25, -0.2) is 13.1 Å². The van der Waals surface area contributed by atoms with Crippen LogP contribution in [0, 0.1) is 18.8 Å². The van der Waals surface area contributed by atoms with Gasteiger partial charge in [-0.05, 0) is 25.8 Å². The molecule has 0 aromatic carbocycles. The molecular weight excluding hydrogens is 328 g/mol. The van der Waals surface area contributed by atoms with Crippen LogP contribution in [0.1, 0.15) is 24.2 Å². The lowest BCUT2D eigenvalue weighted by molar-refractivity contribution is 0.0938. The van der Waals surface area contributed by atoms with E-state index < -0.39 is 10.0 Å². The molecule has 1 aromatic rings. The Morgan fingerprint density at radius 1 is 1.38 bits per heavy atom. The zero-order valence-corrected chi connectivity index (χ0v) is 15.1. The fraction of sp³-hybridized carbons (Fsp3) is 0.812. The minimum Gasteiger partial charge on any atom is -0.376 e. The molecule has 2 aliphatic heterocycles. The monoisotopic (exact) mass is 354 g/mol. The molecule has 0 unspecified atom stereocenters. The van der Waals surface area contributed by atoms with Gasteiger partial charge in [-0.15, -0.1) is 0 Å². The maximum atomic E-state index is 12.0. The molecular formula is C16H26N4O3S. The normalized spacial score (nSPS) is 30.8. The standard InChI is InChI=1S/C16H26N4O3S/c1-11-5-13(19(2)18-11)7-20-8-15-12(10-23-16(15)9-20)6-17-24(21,22)14-3-4-14/h5,12,14-17H,3-4,6-10H2,1-2H3/t12-,15-,16-/m1/s1. The van der Waals surface area contributed by atoms with Crippen LogP contribution in [0.15, 0.2) is 6.07 Å². The van der Waals surface area contributed by atoms with Crippen LogP contribution >= 0.6 is 0 Å². The summed E-state index contributed by atoms with van der Waals surface area (Å²) in [5.74, 6) is 0.697. The molecule has 1 aromatic heterocycles. The first-order valence-electron chi connectivity index (χ1n) is 8.74. The Morgan fingerprint density at radius 3 is 2.83 bits per heavy atom. The Bertz CT molecular complexity index is 713. The van der Waals surface area contributed by atoms with E-state index in [1.807, 2.05) is 18.7 Å². The summed E-state index contributed by atoms with van der Waals surface area (Å²) in [5.41, 5.74) is 2.24. The first-order valence-corrected chi connectivity index (χ1v) is 10.3. The van der Waals surface area contributed by atoms with Crippen LogP contribution in [0.2, 0.25) is 0 Å². The van der Waals surface area contributed by atoms with E-state index in [0.29, 0.717) is 19.1 Å². The Balaban J connectivity index is 1.34. The van der Waals surface area contributed by atoms with Crippen molar-refractivity contribution in [3.05, 3.63) is 17.5 Å². The van der Waals surface area contributed by atoms with Gasteiger partial charge in [-0.1, -0.05) is 0 Å². The molecule has 0 amide bonds. The molecule has 3 atom stereocenters. The largest absolute Gasteiger partial charge is 0.376 e. The van der Waals surface area contributed by atoms with Crippen LogP contribution in [0.4, 0.5) is 0 Å². The summed E-state index contributed by atoms with van der Waals surface area (Å²) in [7, 11) is -1.12. The Hall–Kier alpha value is -0.960. The highest BCUT2D eigenvalue weighted by molar-refractivity contribution is 7.90. The molecule has 4 rings (SSSR count). The molecule has 3 heterocycles. The number of sulfonamides is 1. The lowest BCUT2D eigenvalue weighted by Crippen LogP contribution is -2.35. The molecule has 0 radical (unpaired) electrons. The van der Waals surface area contributed by atoms with Crippen molar-refractivity contribution < 1.29 is 13.2 Å². The van der Waals surface area contributed by atoms with Gasteiger partial charge < -0.3 is 4.74 Å². The molecule has 1 aliphatic carbocycles. The number of fused-ring (bicyclic) bond motifs is 1. The average molecular weight is 354 g/mol. The van der Waals surface area contributed by atoms with Crippen molar-refractivity contribution in [2.75, 3.05) is 26.2 Å².